The topological polar surface area (TPSA) is 38.7 Å². The first-order valence-electron chi connectivity index (χ1n) is 8.24. The number of aliphatic hydroxyl groups is 1. The molecule has 21 heavy (non-hydrogen) atoms. The Morgan fingerprint density at radius 3 is 2.71 bits per heavy atom. The van der Waals surface area contributed by atoms with E-state index in [1.807, 2.05) is 0 Å². The summed E-state index contributed by atoms with van der Waals surface area (Å²) >= 11 is 0. The molecule has 1 aromatic carbocycles. The van der Waals surface area contributed by atoms with Crippen molar-refractivity contribution >= 4 is 0 Å². The van der Waals surface area contributed by atoms with E-state index in [0.29, 0.717) is 5.92 Å². The van der Waals surface area contributed by atoms with E-state index < -0.39 is 5.60 Å². The van der Waals surface area contributed by atoms with Gasteiger partial charge in [0.2, 0.25) is 0 Å². The van der Waals surface area contributed by atoms with Crippen molar-refractivity contribution in [2.24, 2.45) is 5.92 Å². The summed E-state index contributed by atoms with van der Waals surface area (Å²) in [4.78, 5) is 0. The van der Waals surface area contributed by atoms with Crippen LogP contribution < -0.4 is 0 Å². The molecular weight excluding hydrogens is 264 g/mol. The summed E-state index contributed by atoms with van der Waals surface area (Å²) in [6.45, 7) is 2.36. The number of ether oxygens (including phenoxy) is 2. The average molecular weight is 288 g/mol. The van der Waals surface area contributed by atoms with Crippen molar-refractivity contribution in [1.29, 1.82) is 0 Å². The van der Waals surface area contributed by atoms with Gasteiger partial charge in [-0.25, -0.2) is 0 Å². The molecule has 2 fully saturated rings. The number of benzene rings is 1. The average Bonchev–Trinajstić information content (AvgIpc) is 2.87. The lowest BCUT2D eigenvalue weighted by molar-refractivity contribution is -0.177. The van der Waals surface area contributed by atoms with Crippen molar-refractivity contribution in [3.63, 3.8) is 0 Å². The Hall–Kier alpha value is -0.900. The second-order valence-corrected chi connectivity index (χ2v) is 6.91. The fourth-order valence-corrected chi connectivity index (χ4v) is 4.57. The third-order valence-corrected chi connectivity index (χ3v) is 5.83. The van der Waals surface area contributed by atoms with Gasteiger partial charge in [-0.1, -0.05) is 24.3 Å². The molecule has 2 atom stereocenters. The van der Waals surface area contributed by atoms with Gasteiger partial charge in [-0.3, -0.25) is 0 Å². The molecule has 3 aliphatic rings. The van der Waals surface area contributed by atoms with E-state index >= 15 is 0 Å². The molecule has 1 N–H and O–H groups in total. The summed E-state index contributed by atoms with van der Waals surface area (Å²) in [7, 11) is 0. The molecule has 0 aromatic heterocycles. The van der Waals surface area contributed by atoms with Crippen LogP contribution in [-0.2, 0) is 21.5 Å². The van der Waals surface area contributed by atoms with Crippen molar-refractivity contribution < 1.29 is 14.6 Å². The normalized spacial score (nSPS) is 34.8. The highest BCUT2D eigenvalue weighted by Gasteiger charge is 2.49. The first-order chi connectivity index (χ1) is 10.2. The molecule has 0 radical (unpaired) electrons. The van der Waals surface area contributed by atoms with E-state index in [1.54, 1.807) is 0 Å². The number of hydrogen-bond acceptors (Lipinski definition) is 3. The molecular formula is C18H24O3. The molecule has 3 heteroatoms. The minimum Gasteiger partial charge on any atom is -0.385 e. The summed E-state index contributed by atoms with van der Waals surface area (Å²) in [6, 6.07) is 8.42. The molecule has 2 aliphatic heterocycles. The first kappa shape index (κ1) is 13.7. The minimum atomic E-state index is -0.647. The Balaban J connectivity index is 1.61. The fourth-order valence-electron chi connectivity index (χ4n) is 4.57. The van der Waals surface area contributed by atoms with Crippen molar-refractivity contribution in [2.75, 3.05) is 19.8 Å². The van der Waals surface area contributed by atoms with E-state index in [4.69, 9.17) is 9.47 Å². The van der Waals surface area contributed by atoms with Crippen LogP contribution in [0.25, 0.3) is 0 Å². The smallest absolute Gasteiger partial charge is 0.0932 e. The maximum atomic E-state index is 11.4. The summed E-state index contributed by atoms with van der Waals surface area (Å²) in [6.07, 6.45) is 5.75. The molecule has 0 amide bonds. The van der Waals surface area contributed by atoms with Crippen LogP contribution in [0.2, 0.25) is 0 Å². The number of aryl methyl sites for hydroxylation is 1. The standard InChI is InChI=1S/C18H24O3/c19-18(7-5-14-3-1-2-4-16(14)18)15-6-10-21-17(13-15)8-11-20-12-9-17/h1-4,15,19H,5-13H2. The molecule has 1 aromatic rings. The van der Waals surface area contributed by atoms with Gasteiger partial charge in [-0.2, -0.15) is 0 Å². The molecule has 2 heterocycles. The minimum absolute atomic E-state index is 0.0472. The quantitative estimate of drug-likeness (QED) is 0.863. The van der Waals surface area contributed by atoms with Gasteiger partial charge in [0.1, 0.15) is 0 Å². The maximum Gasteiger partial charge on any atom is 0.0932 e. The summed E-state index contributed by atoms with van der Waals surface area (Å²) < 4.78 is 11.6. The summed E-state index contributed by atoms with van der Waals surface area (Å²) in [5, 5.41) is 11.4. The Bertz CT molecular complexity index is 515. The van der Waals surface area contributed by atoms with Crippen LogP contribution >= 0.6 is 0 Å². The van der Waals surface area contributed by atoms with Gasteiger partial charge in [0.05, 0.1) is 11.2 Å². The van der Waals surface area contributed by atoms with E-state index in [-0.39, 0.29) is 5.60 Å². The van der Waals surface area contributed by atoms with Gasteiger partial charge in [0.15, 0.2) is 0 Å². The molecule has 2 saturated heterocycles. The fraction of sp³-hybridized carbons (Fsp3) is 0.667. The van der Waals surface area contributed by atoms with E-state index in [1.165, 1.54) is 11.1 Å². The predicted octanol–water partition coefficient (Wildman–Crippen LogP) is 2.80. The molecule has 3 nitrogen and oxygen atoms in total. The van der Waals surface area contributed by atoms with Crippen molar-refractivity contribution in [3.8, 4) is 0 Å². The van der Waals surface area contributed by atoms with Crippen molar-refractivity contribution in [1.82, 2.24) is 0 Å². The lowest BCUT2D eigenvalue weighted by atomic mass is 9.71. The molecule has 2 unspecified atom stereocenters. The number of fused-ring (bicyclic) bond motifs is 1. The molecule has 0 saturated carbocycles. The molecule has 0 bridgehead atoms. The SMILES string of the molecule is OC1(C2CCOC3(CCOCC3)C2)CCc2ccccc21. The molecule has 1 aliphatic carbocycles. The monoisotopic (exact) mass is 288 g/mol. The lowest BCUT2D eigenvalue weighted by Gasteiger charge is -2.47. The van der Waals surface area contributed by atoms with Crippen LogP contribution in [0, 0.1) is 5.92 Å². The van der Waals surface area contributed by atoms with E-state index in [9.17, 15) is 5.11 Å². The molecule has 4 rings (SSSR count). The van der Waals surface area contributed by atoms with Gasteiger partial charge in [-0.05, 0) is 55.6 Å². The molecule has 1 spiro atoms. The van der Waals surface area contributed by atoms with Crippen LogP contribution in [-0.4, -0.2) is 30.5 Å². The third kappa shape index (κ3) is 2.23. The van der Waals surface area contributed by atoms with Crippen LogP contribution in [0.15, 0.2) is 24.3 Å². The first-order valence-corrected chi connectivity index (χ1v) is 8.24. The van der Waals surface area contributed by atoms with Crippen LogP contribution in [0.5, 0.6) is 0 Å². The third-order valence-electron chi connectivity index (χ3n) is 5.83. The van der Waals surface area contributed by atoms with E-state index in [2.05, 4.69) is 24.3 Å². The number of rotatable bonds is 1. The van der Waals surface area contributed by atoms with E-state index in [0.717, 1.165) is 58.3 Å². The maximum absolute atomic E-state index is 11.4. The van der Waals surface area contributed by atoms with Gasteiger partial charge in [0, 0.05) is 19.8 Å². The molecule has 114 valence electrons. The Morgan fingerprint density at radius 1 is 1.05 bits per heavy atom. The number of hydrogen-bond donors (Lipinski definition) is 1. The van der Waals surface area contributed by atoms with Gasteiger partial charge in [0.25, 0.3) is 0 Å². The van der Waals surface area contributed by atoms with Crippen molar-refractivity contribution in [2.45, 2.75) is 49.7 Å². The largest absolute Gasteiger partial charge is 0.385 e. The van der Waals surface area contributed by atoms with Gasteiger partial charge in [-0.15, -0.1) is 0 Å². The predicted molar refractivity (Wildman–Crippen MR) is 80.1 cm³/mol. The van der Waals surface area contributed by atoms with Crippen LogP contribution in [0.4, 0.5) is 0 Å². The van der Waals surface area contributed by atoms with Gasteiger partial charge < -0.3 is 14.6 Å². The second kappa shape index (κ2) is 5.08. The highest BCUT2D eigenvalue weighted by atomic mass is 16.5. The lowest BCUT2D eigenvalue weighted by Crippen LogP contribution is -2.49. The Labute approximate surface area is 126 Å². The Morgan fingerprint density at radius 2 is 1.86 bits per heavy atom. The Kier molecular flexibility index (Phi) is 3.32. The highest BCUT2D eigenvalue weighted by molar-refractivity contribution is 5.38. The summed E-state index contributed by atoms with van der Waals surface area (Å²) in [5.41, 5.74) is 1.80. The van der Waals surface area contributed by atoms with Crippen LogP contribution in [0.1, 0.15) is 43.2 Å². The summed E-state index contributed by atoms with van der Waals surface area (Å²) in [5.74, 6) is 0.313. The zero-order chi connectivity index (χ0) is 14.3. The van der Waals surface area contributed by atoms with Crippen molar-refractivity contribution in [3.05, 3.63) is 35.4 Å². The van der Waals surface area contributed by atoms with Crippen LogP contribution in [0.3, 0.4) is 0 Å². The zero-order valence-corrected chi connectivity index (χ0v) is 12.5. The second-order valence-electron chi connectivity index (χ2n) is 6.91. The highest BCUT2D eigenvalue weighted by Crippen LogP contribution is 2.49. The van der Waals surface area contributed by atoms with Gasteiger partial charge >= 0.3 is 0 Å². The zero-order valence-electron chi connectivity index (χ0n) is 12.5.